The maximum absolute atomic E-state index is 11.7. The van der Waals surface area contributed by atoms with Crippen molar-refractivity contribution in [1.29, 1.82) is 0 Å². The number of carbonyl (C=O) groups is 1. The Morgan fingerprint density at radius 2 is 1.94 bits per heavy atom. The van der Waals surface area contributed by atoms with E-state index in [1.807, 2.05) is 0 Å². The van der Waals surface area contributed by atoms with Crippen LogP contribution in [0.5, 0.6) is 0 Å². The molecule has 1 saturated carbocycles. The molecule has 1 atom stereocenters. The van der Waals surface area contributed by atoms with Gasteiger partial charge in [-0.25, -0.2) is 0 Å². The van der Waals surface area contributed by atoms with Gasteiger partial charge in [-0.2, -0.15) is 0 Å². The van der Waals surface area contributed by atoms with E-state index >= 15 is 0 Å². The molecule has 0 aromatic heterocycles. The fraction of sp³-hybridized carbons (Fsp3) is 0.917. The molecule has 0 aromatic carbocycles. The summed E-state index contributed by atoms with van der Waals surface area (Å²) in [5, 5.41) is 6.52. The van der Waals surface area contributed by atoms with Gasteiger partial charge < -0.3 is 10.6 Å². The van der Waals surface area contributed by atoms with Crippen molar-refractivity contribution in [2.45, 2.75) is 51.0 Å². The third-order valence-corrected chi connectivity index (χ3v) is 3.68. The van der Waals surface area contributed by atoms with Crippen molar-refractivity contribution in [3.05, 3.63) is 0 Å². The minimum absolute atomic E-state index is 0. The molecule has 0 radical (unpaired) electrons. The van der Waals surface area contributed by atoms with E-state index in [1.54, 1.807) is 0 Å². The first-order valence-electron chi connectivity index (χ1n) is 6.37. The predicted octanol–water partition coefficient (Wildman–Crippen LogP) is 1.86. The van der Waals surface area contributed by atoms with Crippen LogP contribution >= 0.6 is 12.4 Å². The second kappa shape index (κ2) is 7.13. The molecular weight excluding hydrogens is 224 g/mol. The van der Waals surface area contributed by atoms with Gasteiger partial charge in [0.05, 0.1) is 0 Å². The molecule has 16 heavy (non-hydrogen) atoms. The summed E-state index contributed by atoms with van der Waals surface area (Å²) in [6, 6.07) is 0.647. The first-order valence-corrected chi connectivity index (χ1v) is 6.37. The first-order chi connectivity index (χ1) is 7.36. The highest BCUT2D eigenvalue weighted by Gasteiger charge is 2.22. The second-order valence-corrected chi connectivity index (χ2v) is 4.85. The third-order valence-electron chi connectivity index (χ3n) is 3.68. The molecule has 1 amide bonds. The van der Waals surface area contributed by atoms with Gasteiger partial charge in [0.1, 0.15) is 0 Å². The van der Waals surface area contributed by atoms with Crippen molar-refractivity contribution in [2.24, 2.45) is 5.92 Å². The highest BCUT2D eigenvalue weighted by atomic mass is 35.5. The van der Waals surface area contributed by atoms with E-state index in [9.17, 15) is 4.79 Å². The number of amides is 1. The Morgan fingerprint density at radius 3 is 2.56 bits per heavy atom. The van der Waals surface area contributed by atoms with Crippen LogP contribution in [-0.2, 0) is 4.79 Å². The maximum atomic E-state index is 11.7. The molecule has 2 N–H and O–H groups in total. The molecule has 0 aromatic rings. The van der Waals surface area contributed by atoms with E-state index in [0.29, 0.717) is 17.9 Å². The molecule has 3 nitrogen and oxygen atoms in total. The average Bonchev–Trinajstić information content (AvgIpc) is 2.90. The molecule has 2 rings (SSSR count). The summed E-state index contributed by atoms with van der Waals surface area (Å²) in [5.74, 6) is 0.618. The van der Waals surface area contributed by atoms with Crippen LogP contribution in [0.25, 0.3) is 0 Å². The standard InChI is InChI=1S/C12H22N2O.ClH/c15-12(10-4-1-2-5-10)14-9-7-11-6-3-8-13-11;/h10-11,13H,1-9H2,(H,14,15);1H/t11-;/m1./s1. The number of rotatable bonds is 4. The largest absolute Gasteiger partial charge is 0.356 e. The SMILES string of the molecule is Cl.O=C(NCC[C@H]1CCCN1)C1CCCC1. The zero-order valence-corrected chi connectivity index (χ0v) is 10.7. The van der Waals surface area contributed by atoms with Crippen molar-refractivity contribution >= 4 is 18.3 Å². The van der Waals surface area contributed by atoms with Crippen LogP contribution in [0.15, 0.2) is 0 Å². The molecule has 94 valence electrons. The fourth-order valence-corrected chi connectivity index (χ4v) is 2.71. The minimum atomic E-state index is 0. The summed E-state index contributed by atoms with van der Waals surface area (Å²) in [6.45, 7) is 2.01. The summed E-state index contributed by atoms with van der Waals surface area (Å²) in [5.41, 5.74) is 0. The minimum Gasteiger partial charge on any atom is -0.356 e. The van der Waals surface area contributed by atoms with Crippen molar-refractivity contribution < 1.29 is 4.79 Å². The molecule has 1 heterocycles. The maximum Gasteiger partial charge on any atom is 0.223 e. The molecule has 1 aliphatic carbocycles. The first kappa shape index (κ1) is 13.8. The van der Waals surface area contributed by atoms with E-state index in [0.717, 1.165) is 32.4 Å². The Hall–Kier alpha value is -0.280. The lowest BCUT2D eigenvalue weighted by Gasteiger charge is -2.13. The Morgan fingerprint density at radius 1 is 1.19 bits per heavy atom. The Bertz CT molecular complexity index is 211. The Labute approximate surface area is 104 Å². The summed E-state index contributed by atoms with van der Waals surface area (Å²) < 4.78 is 0. The number of hydrogen-bond donors (Lipinski definition) is 2. The van der Waals surface area contributed by atoms with Gasteiger partial charge in [0.25, 0.3) is 0 Å². The van der Waals surface area contributed by atoms with E-state index < -0.39 is 0 Å². The van der Waals surface area contributed by atoms with Gasteiger partial charge >= 0.3 is 0 Å². The Balaban J connectivity index is 0.00000128. The molecule has 0 bridgehead atoms. The van der Waals surface area contributed by atoms with Gasteiger partial charge in [0, 0.05) is 18.5 Å². The van der Waals surface area contributed by atoms with Gasteiger partial charge in [-0.1, -0.05) is 12.8 Å². The lowest BCUT2D eigenvalue weighted by atomic mass is 10.1. The van der Waals surface area contributed by atoms with Crippen molar-refractivity contribution in [2.75, 3.05) is 13.1 Å². The van der Waals surface area contributed by atoms with Gasteiger partial charge in [0.15, 0.2) is 0 Å². The van der Waals surface area contributed by atoms with Crippen LogP contribution in [0.4, 0.5) is 0 Å². The third kappa shape index (κ3) is 3.95. The topological polar surface area (TPSA) is 41.1 Å². The smallest absolute Gasteiger partial charge is 0.223 e. The number of nitrogens with one attached hydrogen (secondary N) is 2. The van der Waals surface area contributed by atoms with E-state index in [4.69, 9.17) is 0 Å². The molecule has 0 unspecified atom stereocenters. The van der Waals surface area contributed by atoms with E-state index in [2.05, 4.69) is 10.6 Å². The molecule has 1 saturated heterocycles. The Kier molecular flexibility index (Phi) is 6.14. The summed E-state index contributed by atoms with van der Waals surface area (Å²) >= 11 is 0. The zero-order chi connectivity index (χ0) is 10.5. The fourth-order valence-electron chi connectivity index (χ4n) is 2.71. The van der Waals surface area contributed by atoms with Gasteiger partial charge in [-0.05, 0) is 38.6 Å². The summed E-state index contributed by atoms with van der Waals surface area (Å²) in [7, 11) is 0. The lowest BCUT2D eigenvalue weighted by Crippen LogP contribution is -2.33. The van der Waals surface area contributed by atoms with Crippen LogP contribution in [0.1, 0.15) is 44.9 Å². The van der Waals surface area contributed by atoms with Gasteiger partial charge in [-0.3, -0.25) is 4.79 Å². The van der Waals surface area contributed by atoms with Crippen LogP contribution in [0.2, 0.25) is 0 Å². The number of carbonyl (C=O) groups excluding carboxylic acids is 1. The molecule has 4 heteroatoms. The van der Waals surface area contributed by atoms with Gasteiger partial charge in [-0.15, -0.1) is 12.4 Å². The molecule has 2 fully saturated rings. The number of halogens is 1. The van der Waals surface area contributed by atoms with Crippen LogP contribution in [0.3, 0.4) is 0 Å². The molecular formula is C12H23ClN2O. The highest BCUT2D eigenvalue weighted by molar-refractivity contribution is 5.85. The summed E-state index contributed by atoms with van der Waals surface area (Å²) in [6.07, 6.45) is 8.35. The van der Waals surface area contributed by atoms with E-state index in [1.165, 1.54) is 25.7 Å². The normalized spacial score (nSPS) is 25.4. The monoisotopic (exact) mass is 246 g/mol. The average molecular weight is 247 g/mol. The van der Waals surface area contributed by atoms with Crippen LogP contribution < -0.4 is 10.6 Å². The zero-order valence-electron chi connectivity index (χ0n) is 9.84. The van der Waals surface area contributed by atoms with Crippen molar-refractivity contribution in [3.8, 4) is 0 Å². The van der Waals surface area contributed by atoms with Gasteiger partial charge in [0.2, 0.25) is 5.91 Å². The van der Waals surface area contributed by atoms with Crippen LogP contribution in [-0.4, -0.2) is 25.0 Å². The van der Waals surface area contributed by atoms with Crippen molar-refractivity contribution in [3.63, 3.8) is 0 Å². The summed E-state index contributed by atoms with van der Waals surface area (Å²) in [4.78, 5) is 11.7. The second-order valence-electron chi connectivity index (χ2n) is 4.85. The lowest BCUT2D eigenvalue weighted by molar-refractivity contribution is -0.124. The van der Waals surface area contributed by atoms with Crippen LogP contribution in [0, 0.1) is 5.92 Å². The van der Waals surface area contributed by atoms with Crippen molar-refractivity contribution in [1.82, 2.24) is 10.6 Å². The number of hydrogen-bond acceptors (Lipinski definition) is 2. The highest BCUT2D eigenvalue weighted by Crippen LogP contribution is 2.24. The van der Waals surface area contributed by atoms with E-state index in [-0.39, 0.29) is 12.4 Å². The molecule has 0 spiro atoms. The predicted molar refractivity (Wildman–Crippen MR) is 67.9 cm³/mol. The molecule has 1 aliphatic heterocycles. The quantitative estimate of drug-likeness (QED) is 0.795. The molecule has 2 aliphatic rings.